The third kappa shape index (κ3) is 2.52. The molecular weight excluding hydrogens is 170 g/mol. The van der Waals surface area contributed by atoms with E-state index in [9.17, 15) is 5.11 Å². The van der Waals surface area contributed by atoms with Gasteiger partial charge in [-0.3, -0.25) is 0 Å². The minimum atomic E-state index is -0.554. The van der Waals surface area contributed by atoms with Gasteiger partial charge >= 0.3 is 0 Å². The lowest BCUT2D eigenvalue weighted by atomic mass is 10.3. The Morgan fingerprint density at radius 1 is 1.54 bits per heavy atom. The minimum Gasteiger partial charge on any atom is -0.506 e. The maximum Gasteiger partial charge on any atom is 0.146 e. The molecule has 0 spiro atoms. The maximum atomic E-state index is 9.20. The molecule has 0 aliphatic carbocycles. The van der Waals surface area contributed by atoms with Crippen LogP contribution in [0.5, 0.6) is 11.5 Å². The first-order valence-corrected chi connectivity index (χ1v) is 3.99. The molecule has 1 aromatic carbocycles. The molecule has 0 aliphatic heterocycles. The van der Waals surface area contributed by atoms with E-state index in [0.29, 0.717) is 5.75 Å². The summed E-state index contributed by atoms with van der Waals surface area (Å²) < 4.78 is 5.14. The SMILES string of the molecule is CC(O)COc1cccc(O)c1N. The number of hydrogen-bond acceptors (Lipinski definition) is 4. The first kappa shape index (κ1) is 9.67. The number of ether oxygens (including phenoxy) is 1. The summed E-state index contributed by atoms with van der Waals surface area (Å²) in [6, 6.07) is 4.74. The normalized spacial score (nSPS) is 12.5. The van der Waals surface area contributed by atoms with E-state index in [1.807, 2.05) is 0 Å². The van der Waals surface area contributed by atoms with Crippen LogP contribution in [0.3, 0.4) is 0 Å². The van der Waals surface area contributed by atoms with Crippen molar-refractivity contribution in [2.24, 2.45) is 0 Å². The summed E-state index contributed by atoms with van der Waals surface area (Å²) in [4.78, 5) is 0. The third-order valence-electron chi connectivity index (χ3n) is 1.52. The van der Waals surface area contributed by atoms with Gasteiger partial charge < -0.3 is 20.7 Å². The second-order valence-corrected chi connectivity index (χ2v) is 2.85. The number of hydrogen-bond donors (Lipinski definition) is 3. The van der Waals surface area contributed by atoms with E-state index >= 15 is 0 Å². The first-order valence-electron chi connectivity index (χ1n) is 3.99. The number of benzene rings is 1. The van der Waals surface area contributed by atoms with Crippen LogP contribution in [0.1, 0.15) is 6.92 Å². The van der Waals surface area contributed by atoms with Crippen LogP contribution in [0, 0.1) is 0 Å². The lowest BCUT2D eigenvalue weighted by Gasteiger charge is -2.10. The van der Waals surface area contributed by atoms with Crippen LogP contribution in [0.4, 0.5) is 5.69 Å². The second kappa shape index (κ2) is 4.00. The van der Waals surface area contributed by atoms with Crippen LogP contribution in [-0.4, -0.2) is 22.9 Å². The second-order valence-electron chi connectivity index (χ2n) is 2.85. The number of anilines is 1. The Balaban J connectivity index is 2.71. The van der Waals surface area contributed by atoms with E-state index in [-0.39, 0.29) is 18.0 Å². The van der Waals surface area contributed by atoms with Crippen LogP contribution in [0.2, 0.25) is 0 Å². The summed E-state index contributed by atoms with van der Waals surface area (Å²) in [5.74, 6) is 0.379. The van der Waals surface area contributed by atoms with Gasteiger partial charge in [0, 0.05) is 0 Å². The van der Waals surface area contributed by atoms with Gasteiger partial charge in [-0.15, -0.1) is 0 Å². The van der Waals surface area contributed by atoms with Crippen LogP contribution in [-0.2, 0) is 0 Å². The average Bonchev–Trinajstić information content (AvgIpc) is 2.07. The van der Waals surface area contributed by atoms with Crippen molar-refractivity contribution in [3.63, 3.8) is 0 Å². The number of phenols is 1. The fourth-order valence-electron chi connectivity index (χ4n) is 0.869. The van der Waals surface area contributed by atoms with E-state index in [0.717, 1.165) is 0 Å². The molecule has 0 radical (unpaired) electrons. The molecule has 4 nitrogen and oxygen atoms in total. The highest BCUT2D eigenvalue weighted by atomic mass is 16.5. The van der Waals surface area contributed by atoms with Gasteiger partial charge in [0.05, 0.1) is 6.10 Å². The molecule has 1 rings (SSSR count). The molecule has 72 valence electrons. The van der Waals surface area contributed by atoms with Gasteiger partial charge in [0.15, 0.2) is 0 Å². The Kier molecular flexibility index (Phi) is 2.97. The number of aliphatic hydroxyl groups is 1. The predicted octanol–water partition coefficient (Wildman–Crippen LogP) is 0.734. The van der Waals surface area contributed by atoms with E-state index in [4.69, 9.17) is 15.6 Å². The third-order valence-corrected chi connectivity index (χ3v) is 1.52. The Labute approximate surface area is 76.6 Å². The van der Waals surface area contributed by atoms with Crippen LogP contribution >= 0.6 is 0 Å². The molecule has 1 unspecified atom stereocenters. The van der Waals surface area contributed by atoms with E-state index in [2.05, 4.69) is 0 Å². The minimum absolute atomic E-state index is 0.0110. The Morgan fingerprint density at radius 2 is 2.23 bits per heavy atom. The Morgan fingerprint density at radius 3 is 2.85 bits per heavy atom. The molecule has 0 fully saturated rings. The smallest absolute Gasteiger partial charge is 0.146 e. The lowest BCUT2D eigenvalue weighted by molar-refractivity contribution is 0.123. The molecule has 0 saturated carbocycles. The van der Waals surface area contributed by atoms with Gasteiger partial charge in [-0.1, -0.05) is 6.07 Å². The van der Waals surface area contributed by atoms with Gasteiger partial charge in [-0.25, -0.2) is 0 Å². The molecule has 0 heterocycles. The van der Waals surface area contributed by atoms with Crippen molar-refractivity contribution in [2.75, 3.05) is 12.3 Å². The number of nitrogen functional groups attached to an aromatic ring is 1. The number of aliphatic hydroxyl groups excluding tert-OH is 1. The van der Waals surface area contributed by atoms with E-state index in [1.54, 1.807) is 19.1 Å². The van der Waals surface area contributed by atoms with E-state index < -0.39 is 6.10 Å². The topological polar surface area (TPSA) is 75.7 Å². The number of nitrogens with two attached hydrogens (primary N) is 1. The number of rotatable bonds is 3. The highest BCUT2D eigenvalue weighted by molar-refractivity contribution is 5.61. The lowest BCUT2D eigenvalue weighted by Crippen LogP contribution is -2.13. The molecular formula is C9H13NO3. The Hall–Kier alpha value is -1.42. The van der Waals surface area contributed by atoms with Crippen molar-refractivity contribution < 1.29 is 14.9 Å². The summed E-state index contributed by atoms with van der Waals surface area (Å²) in [6.07, 6.45) is -0.554. The Bertz CT molecular complexity index is 286. The van der Waals surface area contributed by atoms with Crippen LogP contribution in [0.15, 0.2) is 18.2 Å². The molecule has 4 heteroatoms. The molecule has 0 aromatic heterocycles. The summed E-state index contributed by atoms with van der Waals surface area (Å²) >= 11 is 0. The van der Waals surface area contributed by atoms with Gasteiger partial charge in [0.1, 0.15) is 23.8 Å². The maximum absolute atomic E-state index is 9.20. The first-order chi connectivity index (χ1) is 6.11. The van der Waals surface area contributed by atoms with Crippen molar-refractivity contribution >= 4 is 5.69 Å². The van der Waals surface area contributed by atoms with Gasteiger partial charge in [-0.05, 0) is 19.1 Å². The van der Waals surface area contributed by atoms with Crippen molar-refractivity contribution in [3.05, 3.63) is 18.2 Å². The fraction of sp³-hybridized carbons (Fsp3) is 0.333. The molecule has 4 N–H and O–H groups in total. The van der Waals surface area contributed by atoms with Crippen molar-refractivity contribution in [1.29, 1.82) is 0 Å². The van der Waals surface area contributed by atoms with Crippen molar-refractivity contribution in [2.45, 2.75) is 13.0 Å². The van der Waals surface area contributed by atoms with Crippen LogP contribution in [0.25, 0.3) is 0 Å². The number of para-hydroxylation sites is 1. The molecule has 0 bridgehead atoms. The zero-order valence-corrected chi connectivity index (χ0v) is 7.40. The molecule has 1 aromatic rings. The molecule has 13 heavy (non-hydrogen) atoms. The monoisotopic (exact) mass is 183 g/mol. The summed E-state index contributed by atoms with van der Waals surface area (Å²) in [5.41, 5.74) is 5.71. The summed E-state index contributed by atoms with van der Waals surface area (Å²) in [6.45, 7) is 1.77. The summed E-state index contributed by atoms with van der Waals surface area (Å²) in [5, 5.41) is 18.1. The molecule has 0 amide bonds. The van der Waals surface area contributed by atoms with E-state index in [1.165, 1.54) is 6.07 Å². The highest BCUT2D eigenvalue weighted by Crippen LogP contribution is 2.29. The molecule has 1 atom stereocenters. The van der Waals surface area contributed by atoms with Gasteiger partial charge in [-0.2, -0.15) is 0 Å². The van der Waals surface area contributed by atoms with Crippen molar-refractivity contribution in [3.8, 4) is 11.5 Å². The van der Waals surface area contributed by atoms with Gasteiger partial charge in [0.25, 0.3) is 0 Å². The standard InChI is InChI=1S/C9H13NO3/c1-6(11)5-13-8-4-2-3-7(12)9(8)10/h2-4,6,11-12H,5,10H2,1H3. The largest absolute Gasteiger partial charge is 0.506 e. The fourth-order valence-corrected chi connectivity index (χ4v) is 0.869. The quantitative estimate of drug-likeness (QED) is 0.477. The molecule has 0 saturated heterocycles. The average molecular weight is 183 g/mol. The zero-order valence-electron chi connectivity index (χ0n) is 7.40. The van der Waals surface area contributed by atoms with Gasteiger partial charge in [0.2, 0.25) is 0 Å². The van der Waals surface area contributed by atoms with Crippen molar-refractivity contribution in [1.82, 2.24) is 0 Å². The predicted molar refractivity (Wildman–Crippen MR) is 49.7 cm³/mol. The van der Waals surface area contributed by atoms with Crippen LogP contribution < -0.4 is 10.5 Å². The number of aromatic hydroxyl groups is 1. The highest BCUT2D eigenvalue weighted by Gasteiger charge is 2.05. The number of phenolic OH excluding ortho intramolecular Hbond substituents is 1. The zero-order chi connectivity index (χ0) is 9.84. The summed E-state index contributed by atoms with van der Waals surface area (Å²) in [7, 11) is 0. The molecule has 0 aliphatic rings.